The molecule has 0 aromatic rings. The van der Waals surface area contributed by atoms with Gasteiger partial charge in [-0.25, -0.2) is 7.42 Å². The predicted molar refractivity (Wildman–Crippen MR) is 88.7 cm³/mol. The molecule has 0 spiro atoms. The Morgan fingerprint density at radius 1 is 1.43 bits per heavy atom. The van der Waals surface area contributed by atoms with E-state index in [-0.39, 0.29) is 12.4 Å². The molecule has 6 unspecified atom stereocenters. The summed E-state index contributed by atoms with van der Waals surface area (Å²) < 4.78 is 26.3. The van der Waals surface area contributed by atoms with E-state index in [4.69, 9.17) is 14.6 Å². The van der Waals surface area contributed by atoms with E-state index >= 15 is 0 Å². The van der Waals surface area contributed by atoms with Crippen molar-refractivity contribution in [3.05, 3.63) is 0 Å². The maximum Gasteiger partial charge on any atom is 0.396 e. The minimum Gasteiger partial charge on any atom is -0.394 e. The van der Waals surface area contributed by atoms with E-state index < -0.39 is 50.0 Å². The molecule has 1 aliphatic rings. The van der Waals surface area contributed by atoms with Gasteiger partial charge in [-0.2, -0.15) is 0 Å². The number of aliphatic hydroxyl groups is 3. The van der Waals surface area contributed by atoms with Crippen LogP contribution in [-0.2, 0) is 21.7 Å². The number of aliphatic hydroxyl groups excluding tert-OH is 3. The van der Waals surface area contributed by atoms with Gasteiger partial charge in [0.05, 0.1) is 13.2 Å². The second kappa shape index (κ2) is 9.85. The average Bonchev–Trinajstić information content (AvgIpc) is 2.49. The molecule has 1 rings (SSSR count). The number of nitrogens with one attached hydrogen (secondary N) is 1. The number of carbonyl (C=O) groups is 1. The third kappa shape index (κ3) is 6.72. The topological polar surface area (TPSA) is 155 Å². The highest BCUT2D eigenvalue weighted by molar-refractivity contribution is 14.1. The van der Waals surface area contributed by atoms with Gasteiger partial charge in [-0.15, -0.1) is 0 Å². The smallest absolute Gasteiger partial charge is 0.394 e. The molecule has 0 aliphatic carbocycles. The zero-order valence-corrected chi connectivity index (χ0v) is 15.9. The van der Waals surface area contributed by atoms with Crippen LogP contribution in [0, 0.1) is 0 Å². The highest BCUT2D eigenvalue weighted by Crippen LogP contribution is 2.57. The zero-order chi connectivity index (χ0) is 17.6. The highest BCUT2D eigenvalue weighted by atomic mass is 127. The molecule has 1 aliphatic heterocycles. The van der Waals surface area contributed by atoms with E-state index in [1.165, 1.54) is 29.9 Å². The molecule has 1 saturated heterocycles. The lowest BCUT2D eigenvalue weighted by Crippen LogP contribution is -2.64. The molecule has 0 aromatic heterocycles. The van der Waals surface area contributed by atoms with Crippen LogP contribution < -0.4 is 5.32 Å². The molecule has 1 fully saturated rings. The first-order chi connectivity index (χ1) is 10.7. The first kappa shape index (κ1) is 21.5. The van der Waals surface area contributed by atoms with Crippen LogP contribution in [0.3, 0.4) is 0 Å². The molecule has 0 radical (unpaired) electrons. The Kier molecular flexibility index (Phi) is 9.22. The molecule has 1 heterocycles. The van der Waals surface area contributed by atoms with Crippen molar-refractivity contribution in [3.8, 4) is 0 Å². The van der Waals surface area contributed by atoms with Gasteiger partial charge in [-0.1, -0.05) is 0 Å². The summed E-state index contributed by atoms with van der Waals surface area (Å²) in [5.74, 6) is -0.375. The quantitative estimate of drug-likeness (QED) is 0.166. The molecule has 0 bridgehead atoms. The van der Waals surface area contributed by atoms with E-state index in [9.17, 15) is 24.5 Å². The number of hydrogen-bond acceptors (Lipinski definition) is 9. The summed E-state index contributed by atoms with van der Waals surface area (Å²) >= 11 is 1.96. The lowest BCUT2D eigenvalue weighted by atomic mass is 9.97. The van der Waals surface area contributed by atoms with Crippen LogP contribution in [0.1, 0.15) is 6.92 Å². The summed E-state index contributed by atoms with van der Waals surface area (Å²) in [6, 6.07) is -1.04. The van der Waals surface area contributed by atoms with Gasteiger partial charge in [0.25, 0.3) is 0 Å². The van der Waals surface area contributed by atoms with E-state index in [2.05, 4.69) is 8.17 Å². The van der Waals surface area contributed by atoms with E-state index in [0.29, 0.717) is 11.4 Å². The number of carbonyl (C=O) groups excluding carboxylic acids is 1. The van der Waals surface area contributed by atoms with Gasteiger partial charge < -0.3 is 35.0 Å². The minimum atomic E-state index is -3.74. The third-order valence-corrected chi connectivity index (χ3v) is 7.96. The van der Waals surface area contributed by atoms with Crippen LogP contribution in [0.4, 0.5) is 0 Å². The van der Waals surface area contributed by atoms with Crippen molar-refractivity contribution in [2.45, 2.75) is 37.6 Å². The molecule has 13 heteroatoms. The molecule has 10 nitrogen and oxygen atoms in total. The van der Waals surface area contributed by atoms with Crippen molar-refractivity contribution in [3.63, 3.8) is 0 Å². The fourth-order valence-corrected chi connectivity index (χ4v) is 4.45. The Labute approximate surface area is 150 Å². The molecule has 0 aromatic carbocycles. The summed E-state index contributed by atoms with van der Waals surface area (Å²) in [6.45, 7) is -3.10. The molecule has 136 valence electrons. The van der Waals surface area contributed by atoms with Gasteiger partial charge in [0, 0.05) is 12.7 Å². The average molecular weight is 487 g/mol. The zero-order valence-electron chi connectivity index (χ0n) is 12.1. The number of rotatable bonds is 8. The third-order valence-electron chi connectivity index (χ3n) is 2.96. The minimum absolute atomic E-state index is 0.0447. The number of amides is 1. The Balaban J connectivity index is 2.63. The molecular formula is C10H19INO9PS. The fourth-order valence-electron chi connectivity index (χ4n) is 1.95. The highest BCUT2D eigenvalue weighted by Gasteiger charge is 2.45. The Bertz CT molecular complexity index is 445. The lowest BCUT2D eigenvalue weighted by Gasteiger charge is -2.42. The largest absolute Gasteiger partial charge is 0.396 e. The predicted octanol–water partition coefficient (Wildman–Crippen LogP) is -0.853. The van der Waals surface area contributed by atoms with Crippen LogP contribution in [0.15, 0.2) is 0 Å². The second-order valence-corrected chi connectivity index (χ2v) is 9.76. The second-order valence-electron chi connectivity index (χ2n) is 4.67. The summed E-state index contributed by atoms with van der Waals surface area (Å²) in [4.78, 5) is 20.4. The molecule has 5 N–H and O–H groups in total. The van der Waals surface area contributed by atoms with Crippen molar-refractivity contribution >= 4 is 47.1 Å². The normalized spacial score (nSPS) is 33.9. The van der Waals surface area contributed by atoms with Gasteiger partial charge >= 0.3 is 6.80 Å². The standard InChI is InChI=1S/C10H19INO9PS/c1-5(14)12-7-9(16)8(15)6(4-13)20-10(7)19-2-3-23-22(17,18)21-11/h6-10,13,15-16H,2-4H2,1H3,(H,12,14)(H,17,18). The van der Waals surface area contributed by atoms with Gasteiger partial charge in [0.15, 0.2) is 6.29 Å². The summed E-state index contributed by atoms with van der Waals surface area (Å²) in [5, 5.41) is 31.4. The monoisotopic (exact) mass is 487 g/mol. The number of ether oxygens (including phenoxy) is 2. The Hall–Kier alpha value is 0.500. The van der Waals surface area contributed by atoms with Gasteiger partial charge in [0.1, 0.15) is 47.4 Å². The van der Waals surface area contributed by atoms with Gasteiger partial charge in [-0.05, 0) is 11.4 Å². The van der Waals surface area contributed by atoms with Crippen LogP contribution in [0.25, 0.3) is 0 Å². The van der Waals surface area contributed by atoms with Gasteiger partial charge in [-0.3, -0.25) is 4.79 Å². The van der Waals surface area contributed by atoms with Crippen molar-refractivity contribution < 1.29 is 41.9 Å². The van der Waals surface area contributed by atoms with Crippen LogP contribution >= 0.6 is 41.2 Å². The van der Waals surface area contributed by atoms with Crippen LogP contribution in [0.2, 0.25) is 0 Å². The molecule has 1 amide bonds. The Morgan fingerprint density at radius 3 is 2.61 bits per heavy atom. The van der Waals surface area contributed by atoms with Crippen molar-refractivity contribution in [1.29, 1.82) is 0 Å². The SMILES string of the molecule is CC(=O)NC1C(OCCSP(=O)(O)OI)OC(CO)C(O)C1O. The molecular weight excluding hydrogens is 468 g/mol. The molecule has 23 heavy (non-hydrogen) atoms. The van der Waals surface area contributed by atoms with Crippen molar-refractivity contribution in [2.24, 2.45) is 0 Å². The maximum atomic E-state index is 11.3. The van der Waals surface area contributed by atoms with Crippen LogP contribution in [-0.4, -0.2) is 75.7 Å². The summed E-state index contributed by atoms with van der Waals surface area (Å²) in [5.41, 5.74) is 0. The van der Waals surface area contributed by atoms with E-state index in [0.717, 1.165) is 0 Å². The number of hydrogen-bond donors (Lipinski definition) is 5. The first-order valence-electron chi connectivity index (χ1n) is 6.50. The van der Waals surface area contributed by atoms with Gasteiger partial charge in [0.2, 0.25) is 5.91 Å². The Morgan fingerprint density at radius 2 is 2.09 bits per heavy atom. The van der Waals surface area contributed by atoms with E-state index in [1.807, 2.05) is 0 Å². The first-order valence-corrected chi connectivity index (χ1v) is 10.6. The van der Waals surface area contributed by atoms with E-state index in [1.54, 1.807) is 0 Å². The summed E-state index contributed by atoms with van der Waals surface area (Å²) in [7, 11) is 0. The molecule has 0 saturated carbocycles. The summed E-state index contributed by atoms with van der Waals surface area (Å²) in [6.07, 6.45) is -5.00. The number of halogens is 1. The van der Waals surface area contributed by atoms with Crippen molar-refractivity contribution in [2.75, 3.05) is 19.0 Å². The fraction of sp³-hybridized carbons (Fsp3) is 0.900. The van der Waals surface area contributed by atoms with Crippen LogP contribution in [0.5, 0.6) is 0 Å². The molecule has 6 atom stereocenters. The maximum absolute atomic E-state index is 11.3. The lowest BCUT2D eigenvalue weighted by molar-refractivity contribution is -0.268. The van der Waals surface area contributed by atoms with Crippen molar-refractivity contribution in [1.82, 2.24) is 5.32 Å².